The van der Waals surface area contributed by atoms with Gasteiger partial charge < -0.3 is 0 Å². The summed E-state index contributed by atoms with van der Waals surface area (Å²) in [6.07, 6.45) is 0. The van der Waals surface area contributed by atoms with Crippen molar-refractivity contribution in [1.82, 2.24) is 0 Å². The number of rotatable bonds is 8. The summed E-state index contributed by atoms with van der Waals surface area (Å²) in [5, 5.41) is 0. The highest BCUT2D eigenvalue weighted by atomic mass is 32.2. The quantitative estimate of drug-likeness (QED) is 0.609. The third-order valence-corrected chi connectivity index (χ3v) is 5.87. The van der Waals surface area contributed by atoms with Crippen LogP contribution in [0.2, 0.25) is 0 Å². The van der Waals surface area contributed by atoms with E-state index in [1.165, 1.54) is 0 Å². The van der Waals surface area contributed by atoms with Crippen molar-refractivity contribution in [3.8, 4) is 0 Å². The van der Waals surface area contributed by atoms with E-state index in [-0.39, 0.29) is 24.7 Å². The summed E-state index contributed by atoms with van der Waals surface area (Å²) >= 11 is 0. The molecule has 8 heteroatoms. The van der Waals surface area contributed by atoms with Crippen molar-refractivity contribution < 1.29 is 25.2 Å². The summed E-state index contributed by atoms with van der Waals surface area (Å²) in [7, 11) is -7.32. The van der Waals surface area contributed by atoms with Gasteiger partial charge in [-0.15, -0.1) is 0 Å². The molecule has 0 amide bonds. The molecule has 0 aromatic rings. The van der Waals surface area contributed by atoms with Crippen LogP contribution in [-0.2, 0) is 28.6 Å². The average molecular weight is 373 g/mol. The van der Waals surface area contributed by atoms with Crippen LogP contribution in [0.5, 0.6) is 0 Å². The van der Waals surface area contributed by atoms with Crippen LogP contribution in [0.3, 0.4) is 0 Å². The molecule has 0 atom stereocenters. The van der Waals surface area contributed by atoms with E-state index in [2.05, 4.69) is 0 Å². The molecule has 0 radical (unpaired) electrons. The molecule has 0 aromatic heterocycles. The van der Waals surface area contributed by atoms with Gasteiger partial charge in [0.2, 0.25) is 0 Å². The molecule has 0 heterocycles. The molecule has 0 aliphatic heterocycles. The zero-order valence-corrected chi connectivity index (χ0v) is 17.2. The van der Waals surface area contributed by atoms with Gasteiger partial charge in [-0.05, 0) is 10.8 Å². The van der Waals surface area contributed by atoms with E-state index in [1.807, 2.05) is 0 Å². The second kappa shape index (κ2) is 7.37. The first kappa shape index (κ1) is 22.8. The molecule has 140 valence electrons. The average Bonchev–Trinajstić information content (AvgIpc) is 2.18. The lowest BCUT2D eigenvalue weighted by molar-refractivity contribution is 0.116. The largest absolute Gasteiger partial charge is 0.269 e. The van der Waals surface area contributed by atoms with Crippen LogP contribution in [0.25, 0.3) is 0 Å². The minimum atomic E-state index is -3.66. The summed E-state index contributed by atoms with van der Waals surface area (Å²) in [5.74, 6) is -0.196. The molecule has 23 heavy (non-hydrogen) atoms. The Bertz CT molecular complexity index is 522. The molecule has 0 N–H and O–H groups in total. The van der Waals surface area contributed by atoms with Gasteiger partial charge in [-0.1, -0.05) is 55.4 Å². The first-order valence-electron chi connectivity index (χ1n) is 7.57. The van der Waals surface area contributed by atoms with E-state index < -0.39 is 36.5 Å². The number of hydrogen-bond acceptors (Lipinski definition) is 6. The lowest BCUT2D eigenvalue weighted by Gasteiger charge is -2.26. The molecular formula is C15H32O6S2. The second-order valence-corrected chi connectivity index (χ2v) is 12.5. The summed E-state index contributed by atoms with van der Waals surface area (Å²) in [6, 6.07) is 0. The maximum absolute atomic E-state index is 11.9. The van der Waals surface area contributed by atoms with Crippen molar-refractivity contribution in [1.29, 1.82) is 0 Å². The highest BCUT2D eigenvalue weighted by Gasteiger charge is 2.29. The molecule has 0 bridgehead atoms. The van der Waals surface area contributed by atoms with Gasteiger partial charge >= 0.3 is 0 Å². The smallest absolute Gasteiger partial charge is 0.267 e. The molecule has 0 aromatic carbocycles. The predicted molar refractivity (Wildman–Crippen MR) is 92.2 cm³/mol. The van der Waals surface area contributed by atoms with Crippen LogP contribution in [-0.4, -0.2) is 41.6 Å². The Kier molecular flexibility index (Phi) is 7.31. The normalized spacial score (nSPS) is 15.0. The monoisotopic (exact) mass is 372 g/mol. The zero-order chi connectivity index (χ0) is 18.7. The van der Waals surface area contributed by atoms with E-state index in [0.717, 1.165) is 0 Å². The fraction of sp³-hybridized carbons (Fsp3) is 1.00. The Hall–Kier alpha value is -0.180. The lowest BCUT2D eigenvalue weighted by Crippen LogP contribution is -2.32. The Balaban J connectivity index is 4.62. The molecule has 0 spiro atoms. The van der Waals surface area contributed by atoms with Gasteiger partial charge in [0.25, 0.3) is 20.2 Å². The van der Waals surface area contributed by atoms with Crippen molar-refractivity contribution >= 4 is 20.2 Å². The van der Waals surface area contributed by atoms with E-state index in [9.17, 15) is 16.8 Å². The zero-order valence-electron chi connectivity index (χ0n) is 15.6. The van der Waals surface area contributed by atoms with Crippen molar-refractivity contribution in [3.63, 3.8) is 0 Å². The van der Waals surface area contributed by atoms with E-state index >= 15 is 0 Å². The Labute approximate surface area is 142 Å². The van der Waals surface area contributed by atoms with E-state index in [4.69, 9.17) is 8.37 Å². The van der Waals surface area contributed by atoms with Gasteiger partial charge in [0.15, 0.2) is 0 Å². The topological polar surface area (TPSA) is 86.7 Å². The van der Waals surface area contributed by atoms with Crippen LogP contribution in [0, 0.1) is 16.2 Å². The third-order valence-electron chi connectivity index (χ3n) is 2.48. The van der Waals surface area contributed by atoms with Crippen LogP contribution in [0.4, 0.5) is 0 Å². The fourth-order valence-electron chi connectivity index (χ4n) is 1.68. The van der Waals surface area contributed by atoms with Crippen molar-refractivity contribution in [2.75, 3.05) is 24.7 Å². The van der Waals surface area contributed by atoms with E-state index in [1.54, 1.807) is 55.4 Å². The maximum atomic E-state index is 11.9. The van der Waals surface area contributed by atoms with Crippen LogP contribution in [0.1, 0.15) is 55.4 Å². The van der Waals surface area contributed by atoms with Gasteiger partial charge in [0, 0.05) is 5.41 Å². The van der Waals surface area contributed by atoms with Gasteiger partial charge in [0.1, 0.15) is 0 Å². The Morgan fingerprint density at radius 1 is 0.609 bits per heavy atom. The molecule has 0 saturated heterocycles. The number of hydrogen-bond donors (Lipinski definition) is 0. The van der Waals surface area contributed by atoms with Crippen LogP contribution in [0.15, 0.2) is 0 Å². The standard InChI is InChI=1S/C15H32O6S2/c1-13(2,3)11-22(16,17)20-9-15(7,8)10-21-23(18,19)12-14(4,5)6/h9-12H2,1-8H3. The molecule has 0 saturated carbocycles. The first-order chi connectivity index (χ1) is 9.83. The highest BCUT2D eigenvalue weighted by Crippen LogP contribution is 2.23. The van der Waals surface area contributed by atoms with Crippen molar-refractivity contribution in [2.45, 2.75) is 55.4 Å². The molecular weight excluding hydrogens is 340 g/mol. The summed E-state index contributed by atoms with van der Waals surface area (Å²) in [5.41, 5.74) is -1.55. The Morgan fingerprint density at radius 3 is 1.09 bits per heavy atom. The van der Waals surface area contributed by atoms with Gasteiger partial charge in [-0.3, -0.25) is 8.37 Å². The molecule has 0 fully saturated rings. The third kappa shape index (κ3) is 12.9. The van der Waals surface area contributed by atoms with Gasteiger partial charge in [-0.25, -0.2) is 0 Å². The molecule has 0 unspecified atom stereocenters. The maximum Gasteiger partial charge on any atom is 0.267 e. The fourth-order valence-corrected chi connectivity index (χ4v) is 4.97. The first-order valence-corrected chi connectivity index (χ1v) is 10.7. The summed E-state index contributed by atoms with van der Waals surface area (Å²) in [6.45, 7) is 14.0. The second-order valence-electron chi connectivity index (χ2n) is 9.21. The SMILES string of the molecule is CC(C)(C)CS(=O)(=O)OCC(C)(C)COS(=O)(=O)CC(C)(C)C. The molecule has 0 rings (SSSR count). The minimum absolute atomic E-state index is 0.0980. The van der Waals surface area contributed by atoms with E-state index in [0.29, 0.717) is 0 Å². The molecule has 0 aliphatic carbocycles. The summed E-state index contributed by atoms with van der Waals surface area (Å²) in [4.78, 5) is 0. The molecule has 6 nitrogen and oxygen atoms in total. The molecule has 0 aliphatic rings. The lowest BCUT2D eigenvalue weighted by atomic mass is 9.97. The Morgan fingerprint density at radius 2 is 0.870 bits per heavy atom. The highest BCUT2D eigenvalue weighted by molar-refractivity contribution is 7.87. The predicted octanol–water partition coefficient (Wildman–Crippen LogP) is 2.80. The van der Waals surface area contributed by atoms with Crippen LogP contribution >= 0.6 is 0 Å². The van der Waals surface area contributed by atoms with Crippen LogP contribution < -0.4 is 0 Å². The van der Waals surface area contributed by atoms with Gasteiger partial charge in [-0.2, -0.15) is 16.8 Å². The minimum Gasteiger partial charge on any atom is -0.269 e. The van der Waals surface area contributed by atoms with Crippen molar-refractivity contribution in [2.24, 2.45) is 16.2 Å². The summed E-state index contributed by atoms with van der Waals surface area (Å²) < 4.78 is 57.7. The van der Waals surface area contributed by atoms with Gasteiger partial charge in [0.05, 0.1) is 24.7 Å². The van der Waals surface area contributed by atoms with Crippen molar-refractivity contribution in [3.05, 3.63) is 0 Å².